The molecule has 0 fully saturated rings. The fraction of sp³-hybridized carbons (Fsp3) is 0.136. The number of hydrogen-bond donors (Lipinski definition) is 1. The van der Waals surface area contributed by atoms with Crippen LogP contribution in [0.5, 0.6) is 0 Å². The Bertz CT molecular complexity index is 1440. The highest BCUT2D eigenvalue weighted by Crippen LogP contribution is 2.31. The van der Waals surface area contributed by atoms with E-state index in [1.807, 2.05) is 30.3 Å². The second kappa shape index (κ2) is 6.92. The van der Waals surface area contributed by atoms with Crippen LogP contribution >= 0.6 is 0 Å². The molecule has 4 aromatic rings. The van der Waals surface area contributed by atoms with Gasteiger partial charge >= 0.3 is 0 Å². The maximum Gasteiger partial charge on any atom is 0.245 e. The zero-order valence-corrected chi connectivity index (χ0v) is 17.7. The first-order chi connectivity index (χ1) is 14.8. The molecule has 156 valence electrons. The van der Waals surface area contributed by atoms with E-state index in [9.17, 15) is 13.2 Å². The van der Waals surface area contributed by atoms with Gasteiger partial charge in [0.05, 0.1) is 28.7 Å². The van der Waals surface area contributed by atoms with Gasteiger partial charge in [0.25, 0.3) is 0 Å². The number of carbonyl (C=O) groups excluding carboxylic acids is 1. The molecule has 3 heterocycles. The Kier molecular flexibility index (Phi) is 4.30. The summed E-state index contributed by atoms with van der Waals surface area (Å²) in [6.07, 6.45) is 3.29. The Balaban J connectivity index is 1.47. The minimum atomic E-state index is -3.25. The van der Waals surface area contributed by atoms with Gasteiger partial charge in [0.2, 0.25) is 11.9 Å². The number of nitrogens with zero attached hydrogens (tertiary/aromatic N) is 4. The molecule has 0 aliphatic carbocycles. The quantitative estimate of drug-likeness (QED) is 0.531. The van der Waals surface area contributed by atoms with E-state index in [1.54, 1.807) is 46.9 Å². The first-order valence-electron chi connectivity index (χ1n) is 9.61. The predicted molar refractivity (Wildman–Crippen MR) is 118 cm³/mol. The maximum atomic E-state index is 11.9. The molecule has 1 amide bonds. The van der Waals surface area contributed by atoms with Crippen molar-refractivity contribution in [3.05, 3.63) is 66.4 Å². The second-order valence-electron chi connectivity index (χ2n) is 7.53. The molecule has 31 heavy (non-hydrogen) atoms. The Labute approximate surface area is 179 Å². The molecule has 0 saturated carbocycles. The molecule has 8 nitrogen and oxygen atoms in total. The molecule has 0 bridgehead atoms. The van der Waals surface area contributed by atoms with Gasteiger partial charge in [-0.25, -0.2) is 17.9 Å². The third-order valence-corrected chi connectivity index (χ3v) is 6.52. The molecule has 9 heteroatoms. The number of sulfone groups is 1. The van der Waals surface area contributed by atoms with E-state index in [2.05, 4.69) is 15.4 Å². The smallest absolute Gasteiger partial charge is 0.245 e. The van der Waals surface area contributed by atoms with Gasteiger partial charge < -0.3 is 10.2 Å². The van der Waals surface area contributed by atoms with E-state index in [-0.39, 0.29) is 10.8 Å². The van der Waals surface area contributed by atoms with Gasteiger partial charge in [-0.2, -0.15) is 0 Å². The lowest BCUT2D eigenvalue weighted by molar-refractivity contribution is -0.117. The lowest BCUT2D eigenvalue weighted by atomic mass is 10.1. The van der Waals surface area contributed by atoms with Crippen molar-refractivity contribution in [2.75, 3.05) is 23.5 Å². The zero-order valence-electron chi connectivity index (χ0n) is 16.9. The highest BCUT2D eigenvalue weighted by Gasteiger charge is 2.24. The van der Waals surface area contributed by atoms with Crippen LogP contribution in [-0.2, 0) is 21.1 Å². The van der Waals surface area contributed by atoms with Crippen molar-refractivity contribution in [3.63, 3.8) is 0 Å². The van der Waals surface area contributed by atoms with Crippen molar-refractivity contribution < 1.29 is 13.2 Å². The molecule has 0 atom stereocenters. The van der Waals surface area contributed by atoms with E-state index < -0.39 is 9.84 Å². The van der Waals surface area contributed by atoms with Gasteiger partial charge in [-0.05, 0) is 48.0 Å². The number of benzene rings is 2. The minimum Gasteiger partial charge on any atom is -0.323 e. The number of fused-ring (bicyclic) bond motifs is 2. The topological polar surface area (TPSA) is 96.7 Å². The molecule has 2 aromatic heterocycles. The highest BCUT2D eigenvalue weighted by molar-refractivity contribution is 7.90. The van der Waals surface area contributed by atoms with Crippen LogP contribution in [0, 0.1) is 0 Å². The summed E-state index contributed by atoms with van der Waals surface area (Å²) >= 11 is 0. The van der Waals surface area contributed by atoms with E-state index >= 15 is 0 Å². The van der Waals surface area contributed by atoms with E-state index in [0.29, 0.717) is 12.4 Å². The molecule has 2 aromatic carbocycles. The molecular formula is C22H19N5O3S. The molecule has 5 rings (SSSR count). The third kappa shape index (κ3) is 3.42. The van der Waals surface area contributed by atoms with Crippen LogP contribution in [0.4, 0.5) is 17.3 Å². The Morgan fingerprint density at radius 2 is 1.81 bits per heavy atom. The third-order valence-electron chi connectivity index (χ3n) is 5.39. The average molecular weight is 433 g/mol. The maximum absolute atomic E-state index is 11.9. The van der Waals surface area contributed by atoms with Crippen LogP contribution in [0.15, 0.2) is 65.7 Å². The summed E-state index contributed by atoms with van der Waals surface area (Å²) in [5.41, 5.74) is 5.16. The Hall–Kier alpha value is -3.72. The minimum absolute atomic E-state index is 0.0729. The van der Waals surface area contributed by atoms with Crippen molar-refractivity contribution in [1.82, 2.24) is 14.6 Å². The van der Waals surface area contributed by atoms with Crippen LogP contribution in [0.1, 0.15) is 5.56 Å². The van der Waals surface area contributed by atoms with Crippen LogP contribution in [0.2, 0.25) is 0 Å². The van der Waals surface area contributed by atoms with E-state index in [4.69, 9.17) is 0 Å². The van der Waals surface area contributed by atoms with Crippen molar-refractivity contribution in [2.24, 2.45) is 0 Å². The SMILES string of the molecule is CN1C(=O)Cc2cc(Nc3ncc4ccc(-c5ccc(S(C)(=O)=O)cc5)n4n3)ccc21. The largest absolute Gasteiger partial charge is 0.323 e. The van der Waals surface area contributed by atoms with Crippen molar-refractivity contribution in [3.8, 4) is 11.3 Å². The second-order valence-corrected chi connectivity index (χ2v) is 9.55. The normalized spacial score (nSPS) is 13.6. The van der Waals surface area contributed by atoms with E-state index in [1.165, 1.54) is 6.26 Å². The summed E-state index contributed by atoms with van der Waals surface area (Å²) in [5.74, 6) is 0.485. The summed E-state index contributed by atoms with van der Waals surface area (Å²) in [4.78, 5) is 18.2. The summed E-state index contributed by atoms with van der Waals surface area (Å²) in [6, 6.07) is 16.3. The number of likely N-dealkylation sites (N-methyl/N-ethyl adjacent to an activating group) is 1. The van der Waals surface area contributed by atoms with Crippen molar-refractivity contribution in [1.29, 1.82) is 0 Å². The van der Waals surface area contributed by atoms with Gasteiger partial charge in [-0.1, -0.05) is 12.1 Å². The summed E-state index contributed by atoms with van der Waals surface area (Å²) in [6.45, 7) is 0. The van der Waals surface area contributed by atoms with E-state index in [0.717, 1.165) is 33.7 Å². The van der Waals surface area contributed by atoms with Crippen molar-refractivity contribution >= 4 is 38.6 Å². The Morgan fingerprint density at radius 1 is 1.03 bits per heavy atom. The van der Waals surface area contributed by atoms with Crippen LogP contribution in [0.3, 0.4) is 0 Å². The van der Waals surface area contributed by atoms with Gasteiger partial charge in [-0.3, -0.25) is 4.79 Å². The standard InChI is InChI=1S/C22H19N5O3S/c1-26-19-9-5-16(11-15(19)12-21(26)28)24-22-23-13-17-6-10-20(27(17)25-22)14-3-7-18(8-4-14)31(2,29)30/h3-11,13H,12H2,1-2H3,(H,24,25). The lowest BCUT2D eigenvalue weighted by Gasteiger charge is -2.11. The van der Waals surface area contributed by atoms with Gasteiger partial charge in [0.1, 0.15) is 0 Å². The molecule has 0 unspecified atom stereocenters. The molecule has 1 aliphatic rings. The highest BCUT2D eigenvalue weighted by atomic mass is 32.2. The lowest BCUT2D eigenvalue weighted by Crippen LogP contribution is -2.20. The van der Waals surface area contributed by atoms with Crippen LogP contribution in [0.25, 0.3) is 16.8 Å². The average Bonchev–Trinajstić information content (AvgIpc) is 3.28. The fourth-order valence-electron chi connectivity index (χ4n) is 3.73. The molecule has 1 aliphatic heterocycles. The van der Waals surface area contributed by atoms with Crippen molar-refractivity contribution in [2.45, 2.75) is 11.3 Å². The molecule has 0 radical (unpaired) electrons. The zero-order chi connectivity index (χ0) is 21.8. The Morgan fingerprint density at radius 3 is 2.55 bits per heavy atom. The number of aromatic nitrogens is 3. The van der Waals surface area contributed by atoms with Gasteiger partial charge in [0, 0.05) is 30.2 Å². The monoisotopic (exact) mass is 433 g/mol. The number of anilines is 3. The summed E-state index contributed by atoms with van der Waals surface area (Å²) in [7, 11) is -1.48. The molecular weight excluding hydrogens is 414 g/mol. The number of rotatable bonds is 4. The molecule has 0 spiro atoms. The molecule has 0 saturated heterocycles. The number of nitrogens with one attached hydrogen (secondary N) is 1. The first kappa shape index (κ1) is 19.3. The number of hydrogen-bond acceptors (Lipinski definition) is 6. The number of amides is 1. The summed E-state index contributed by atoms with van der Waals surface area (Å²) in [5, 5.41) is 7.80. The number of carbonyl (C=O) groups is 1. The van der Waals surface area contributed by atoms with Crippen LogP contribution in [-0.4, -0.2) is 42.2 Å². The van der Waals surface area contributed by atoms with Gasteiger partial charge in [0.15, 0.2) is 9.84 Å². The van der Waals surface area contributed by atoms with Crippen LogP contribution < -0.4 is 10.2 Å². The first-order valence-corrected chi connectivity index (χ1v) is 11.5. The van der Waals surface area contributed by atoms with Gasteiger partial charge in [-0.15, -0.1) is 5.10 Å². The predicted octanol–water partition coefficient (Wildman–Crippen LogP) is 3.06. The fourth-order valence-corrected chi connectivity index (χ4v) is 4.36. The summed E-state index contributed by atoms with van der Waals surface area (Å²) < 4.78 is 25.2. The molecule has 1 N–H and O–H groups in total.